The van der Waals surface area contributed by atoms with Gasteiger partial charge in [0, 0.05) is 37.1 Å². The van der Waals surface area contributed by atoms with Crippen LogP contribution in [0.25, 0.3) is 77.7 Å². The third kappa shape index (κ3) is 6.75. The van der Waals surface area contributed by atoms with E-state index in [-0.39, 0.29) is 41.8 Å². The van der Waals surface area contributed by atoms with Crippen LogP contribution in [-0.2, 0) is 41.8 Å². The first-order valence-electron chi connectivity index (χ1n) is 21.6. The van der Waals surface area contributed by atoms with Crippen molar-refractivity contribution in [1.29, 1.82) is 0 Å². The molecule has 0 atom stereocenters. The molecule has 2 aliphatic rings. The Morgan fingerprint density at radius 1 is 0.443 bits per heavy atom. The van der Waals surface area contributed by atoms with Gasteiger partial charge in [0.2, 0.25) is 0 Å². The second-order valence-electron chi connectivity index (χ2n) is 20.5. The summed E-state index contributed by atoms with van der Waals surface area (Å²) in [5.74, 6) is 0. The molecule has 0 spiro atoms. The van der Waals surface area contributed by atoms with Crippen LogP contribution in [0.2, 0.25) is 0 Å². The largest absolute Gasteiger partial charge is 0.304 e. The van der Waals surface area contributed by atoms with Crippen LogP contribution in [0.3, 0.4) is 0 Å². The number of rotatable bonds is 4. The fourth-order valence-electron chi connectivity index (χ4n) is 10.0. The van der Waals surface area contributed by atoms with E-state index in [0.717, 1.165) is 22.2 Å². The van der Waals surface area contributed by atoms with Crippen LogP contribution in [0.4, 0.5) is 0 Å². The van der Waals surface area contributed by atoms with E-state index < -0.39 is 0 Å². The molecule has 61 heavy (non-hydrogen) atoms. The van der Waals surface area contributed by atoms with Crippen molar-refractivity contribution in [1.82, 2.24) is 4.98 Å². The summed E-state index contributed by atoms with van der Waals surface area (Å²) in [6.07, 6.45) is 1.91. The SMILES string of the molecule is CC(C)(C)c1ccc2c(c1)C(C)(C)c1cc(-c3cc(-c4cc[c-]c(-c5nccc6ccccc56)c4)cc(-c4ccc5c(c4)C(C)(C)c4cc(C(C)(C)C)ccc4-5)c3)ccc1-2.[Ir]. The first-order valence-corrected chi connectivity index (χ1v) is 21.6. The van der Waals surface area contributed by atoms with E-state index in [4.69, 9.17) is 4.98 Å². The second-order valence-corrected chi connectivity index (χ2v) is 20.5. The minimum atomic E-state index is -0.120. The standard InChI is InChI=1S/C59H54N.Ir/c1-56(2,3)44-20-24-49-47-22-18-38(32-51(47)58(7,8)53(49)34-44)42-29-41(37-15-13-16-40(28-37)55-46-17-12-11-14-36(46)26-27-60-55)30-43(31-42)39-19-23-48-50-25-21-45(57(4,5)6)35-54(50)59(9,10)52(48)33-39;/h11-15,17-35H,1-10H3;/q-1;. The Bertz CT molecular complexity index is 2910. The first kappa shape index (κ1) is 41.0. The molecule has 7 aromatic carbocycles. The predicted octanol–water partition coefficient (Wildman–Crippen LogP) is 15.9. The van der Waals surface area contributed by atoms with E-state index in [2.05, 4.69) is 215 Å². The summed E-state index contributed by atoms with van der Waals surface area (Å²) < 4.78 is 0. The summed E-state index contributed by atoms with van der Waals surface area (Å²) in [6, 6.07) is 56.4. The minimum absolute atomic E-state index is 0. The van der Waals surface area contributed by atoms with Gasteiger partial charge < -0.3 is 4.98 Å². The molecule has 1 aromatic heterocycles. The van der Waals surface area contributed by atoms with E-state index >= 15 is 0 Å². The average molecular weight is 969 g/mol. The molecule has 1 nitrogen and oxygen atoms in total. The zero-order chi connectivity index (χ0) is 41.9. The summed E-state index contributed by atoms with van der Waals surface area (Å²) in [4.78, 5) is 4.88. The van der Waals surface area contributed by atoms with Crippen LogP contribution >= 0.6 is 0 Å². The number of pyridine rings is 1. The molecule has 0 fully saturated rings. The smallest absolute Gasteiger partial charge is 0.0167 e. The van der Waals surface area contributed by atoms with Gasteiger partial charge in [0.15, 0.2) is 0 Å². The normalized spacial score (nSPS) is 14.5. The predicted molar refractivity (Wildman–Crippen MR) is 255 cm³/mol. The molecule has 1 radical (unpaired) electrons. The van der Waals surface area contributed by atoms with Gasteiger partial charge >= 0.3 is 0 Å². The molecule has 2 heteroatoms. The van der Waals surface area contributed by atoms with Crippen molar-refractivity contribution in [2.24, 2.45) is 0 Å². The Balaban J connectivity index is 0.00000476. The van der Waals surface area contributed by atoms with Gasteiger partial charge in [0.1, 0.15) is 0 Å². The van der Waals surface area contributed by atoms with Gasteiger partial charge in [0.05, 0.1) is 0 Å². The summed E-state index contributed by atoms with van der Waals surface area (Å²) in [6.45, 7) is 23.4. The molecule has 0 saturated carbocycles. The van der Waals surface area contributed by atoms with Gasteiger partial charge in [-0.3, -0.25) is 0 Å². The number of nitrogens with zero attached hydrogens (tertiary/aromatic N) is 1. The van der Waals surface area contributed by atoms with Crippen LogP contribution in [-0.4, -0.2) is 4.98 Å². The Labute approximate surface area is 376 Å². The summed E-state index contributed by atoms with van der Waals surface area (Å²) in [5, 5.41) is 2.31. The molecule has 0 unspecified atom stereocenters. The van der Waals surface area contributed by atoms with Crippen LogP contribution < -0.4 is 0 Å². The molecule has 0 N–H and O–H groups in total. The number of fused-ring (bicyclic) bond motifs is 7. The number of hydrogen-bond acceptors (Lipinski definition) is 1. The molecule has 0 aliphatic heterocycles. The Morgan fingerprint density at radius 2 is 0.885 bits per heavy atom. The van der Waals surface area contributed by atoms with Gasteiger partial charge in [0.25, 0.3) is 0 Å². The quantitative estimate of drug-likeness (QED) is 0.160. The third-order valence-electron chi connectivity index (χ3n) is 13.7. The number of benzene rings is 7. The van der Waals surface area contributed by atoms with Crippen LogP contribution in [0.15, 0.2) is 146 Å². The van der Waals surface area contributed by atoms with Crippen molar-refractivity contribution in [2.75, 3.05) is 0 Å². The van der Waals surface area contributed by atoms with Crippen molar-refractivity contribution in [2.45, 2.75) is 90.9 Å². The Kier molecular flexibility index (Phi) is 9.63. The fraction of sp³-hybridized carbons (Fsp3) is 0.237. The molecule has 1 heterocycles. The summed E-state index contributed by atoms with van der Waals surface area (Å²) >= 11 is 0. The maximum atomic E-state index is 4.88. The molecule has 0 saturated heterocycles. The van der Waals surface area contributed by atoms with Gasteiger partial charge in [-0.1, -0.05) is 154 Å². The van der Waals surface area contributed by atoms with Crippen LogP contribution in [0, 0.1) is 6.07 Å². The van der Waals surface area contributed by atoms with E-state index in [1.54, 1.807) is 0 Å². The maximum absolute atomic E-state index is 4.88. The van der Waals surface area contributed by atoms with Gasteiger partial charge in [-0.05, 0) is 147 Å². The summed E-state index contributed by atoms with van der Waals surface area (Å²) in [5.41, 5.74) is 22.9. The molecular formula is C59H54IrN-. The fourth-order valence-corrected chi connectivity index (χ4v) is 10.0. The molecule has 0 bridgehead atoms. The second kappa shape index (κ2) is 14.3. The molecule has 8 aromatic rings. The zero-order valence-electron chi connectivity index (χ0n) is 37.1. The van der Waals surface area contributed by atoms with Gasteiger partial charge in [-0.25, -0.2) is 0 Å². The van der Waals surface area contributed by atoms with Crippen molar-refractivity contribution in [3.63, 3.8) is 0 Å². The van der Waals surface area contributed by atoms with Crippen molar-refractivity contribution in [3.8, 4) is 66.9 Å². The number of hydrogen-bond donors (Lipinski definition) is 0. The summed E-state index contributed by atoms with van der Waals surface area (Å²) in [7, 11) is 0. The topological polar surface area (TPSA) is 12.9 Å². The van der Waals surface area contributed by atoms with E-state index in [1.165, 1.54) is 88.8 Å². The van der Waals surface area contributed by atoms with Crippen molar-refractivity contribution >= 4 is 10.8 Å². The zero-order valence-corrected chi connectivity index (χ0v) is 39.5. The monoisotopic (exact) mass is 969 g/mol. The molecular weight excluding hydrogens is 915 g/mol. The van der Waals surface area contributed by atoms with E-state index in [0.29, 0.717) is 0 Å². The molecule has 2 aliphatic carbocycles. The van der Waals surface area contributed by atoms with E-state index in [1.807, 2.05) is 6.20 Å². The third-order valence-corrected chi connectivity index (χ3v) is 13.7. The molecule has 0 amide bonds. The average Bonchev–Trinajstić information content (AvgIpc) is 3.60. The minimum Gasteiger partial charge on any atom is -0.304 e. The molecule has 305 valence electrons. The van der Waals surface area contributed by atoms with Crippen molar-refractivity contribution < 1.29 is 20.1 Å². The Morgan fingerprint density at radius 3 is 1.38 bits per heavy atom. The molecule has 10 rings (SSSR count). The Hall–Kier alpha value is -5.40. The number of aromatic nitrogens is 1. The van der Waals surface area contributed by atoms with Gasteiger partial charge in [-0.15, -0.1) is 35.4 Å². The van der Waals surface area contributed by atoms with Gasteiger partial charge in [-0.2, -0.15) is 0 Å². The first-order chi connectivity index (χ1) is 28.5. The van der Waals surface area contributed by atoms with E-state index in [9.17, 15) is 0 Å². The van der Waals surface area contributed by atoms with Crippen molar-refractivity contribution in [3.05, 3.63) is 185 Å². The maximum Gasteiger partial charge on any atom is 0.0167 e. The van der Waals surface area contributed by atoms with Crippen LogP contribution in [0.1, 0.15) is 103 Å². The van der Waals surface area contributed by atoms with Crippen LogP contribution in [0.5, 0.6) is 0 Å².